The SMILES string of the molecule is O=C(ONNCC1CCOCC1)C(F)(F)F. The van der Waals surface area contributed by atoms with E-state index in [9.17, 15) is 18.0 Å². The largest absolute Gasteiger partial charge is 0.492 e. The number of rotatable bonds is 4. The van der Waals surface area contributed by atoms with Gasteiger partial charge in [0.1, 0.15) is 0 Å². The Balaban J connectivity index is 2.05. The fraction of sp³-hybridized carbons (Fsp3) is 0.875. The van der Waals surface area contributed by atoms with Crippen molar-refractivity contribution >= 4 is 5.97 Å². The Hall–Kier alpha value is -0.860. The summed E-state index contributed by atoms with van der Waals surface area (Å²) in [6, 6.07) is 0. The Kier molecular flexibility index (Phi) is 4.97. The first kappa shape index (κ1) is 13.2. The molecule has 1 aliphatic rings. The van der Waals surface area contributed by atoms with Gasteiger partial charge >= 0.3 is 12.1 Å². The molecule has 1 fully saturated rings. The molecular weight excluding hydrogens is 229 g/mol. The molecule has 0 atom stereocenters. The van der Waals surface area contributed by atoms with Gasteiger partial charge in [-0.3, -0.25) is 0 Å². The third-order valence-corrected chi connectivity index (χ3v) is 2.18. The van der Waals surface area contributed by atoms with Crippen molar-refractivity contribution in [3.05, 3.63) is 0 Å². The van der Waals surface area contributed by atoms with Crippen LogP contribution >= 0.6 is 0 Å². The quantitative estimate of drug-likeness (QED) is 0.556. The standard InChI is InChI=1S/C8H13F3N2O3/c9-8(10,11)7(14)16-13-12-5-6-1-3-15-4-2-6/h6,12-13H,1-5H2. The van der Waals surface area contributed by atoms with Crippen LogP contribution in [0.25, 0.3) is 0 Å². The predicted octanol–water partition coefficient (Wildman–Crippen LogP) is 0.528. The number of hydrazine groups is 1. The number of ether oxygens (including phenoxy) is 1. The van der Waals surface area contributed by atoms with Crippen LogP contribution < -0.4 is 11.0 Å². The van der Waals surface area contributed by atoms with Gasteiger partial charge in [-0.05, 0) is 18.8 Å². The Morgan fingerprint density at radius 2 is 2.00 bits per heavy atom. The van der Waals surface area contributed by atoms with Gasteiger partial charge in [0.2, 0.25) is 0 Å². The van der Waals surface area contributed by atoms with Gasteiger partial charge in [0.25, 0.3) is 0 Å². The predicted molar refractivity (Wildman–Crippen MR) is 46.8 cm³/mol. The summed E-state index contributed by atoms with van der Waals surface area (Å²) in [6.07, 6.45) is -3.31. The number of hydrogen-bond donors (Lipinski definition) is 2. The highest BCUT2D eigenvalue weighted by Crippen LogP contribution is 2.15. The van der Waals surface area contributed by atoms with Gasteiger partial charge < -0.3 is 9.57 Å². The molecule has 5 nitrogen and oxygen atoms in total. The molecule has 8 heteroatoms. The van der Waals surface area contributed by atoms with Crippen LogP contribution in [0, 0.1) is 5.92 Å². The van der Waals surface area contributed by atoms with E-state index in [0.29, 0.717) is 25.7 Å². The minimum absolute atomic E-state index is 0.311. The van der Waals surface area contributed by atoms with E-state index in [1.54, 1.807) is 5.59 Å². The van der Waals surface area contributed by atoms with E-state index in [1.165, 1.54) is 0 Å². The number of carbonyl (C=O) groups excluding carboxylic acids is 1. The summed E-state index contributed by atoms with van der Waals surface area (Å²) in [5.74, 6) is -1.96. The molecule has 16 heavy (non-hydrogen) atoms. The lowest BCUT2D eigenvalue weighted by molar-refractivity contribution is -0.209. The van der Waals surface area contributed by atoms with Crippen molar-refractivity contribution in [2.24, 2.45) is 5.92 Å². The third-order valence-electron chi connectivity index (χ3n) is 2.18. The van der Waals surface area contributed by atoms with Crippen LogP contribution in [0.5, 0.6) is 0 Å². The zero-order valence-electron chi connectivity index (χ0n) is 8.47. The zero-order chi connectivity index (χ0) is 12.0. The molecule has 1 aliphatic heterocycles. The molecule has 94 valence electrons. The van der Waals surface area contributed by atoms with Gasteiger partial charge in [-0.25, -0.2) is 10.2 Å². The number of alkyl halides is 3. The van der Waals surface area contributed by atoms with Crippen molar-refractivity contribution in [2.75, 3.05) is 19.8 Å². The highest BCUT2D eigenvalue weighted by Gasteiger charge is 2.41. The van der Waals surface area contributed by atoms with Crippen LogP contribution in [0.3, 0.4) is 0 Å². The molecule has 0 saturated carbocycles. The van der Waals surface area contributed by atoms with E-state index in [2.05, 4.69) is 10.3 Å². The molecule has 0 aromatic carbocycles. The van der Waals surface area contributed by atoms with Crippen molar-refractivity contribution in [1.29, 1.82) is 0 Å². The van der Waals surface area contributed by atoms with E-state index in [-0.39, 0.29) is 0 Å². The Morgan fingerprint density at radius 3 is 2.56 bits per heavy atom. The molecule has 1 heterocycles. The second kappa shape index (κ2) is 6.02. The molecule has 0 radical (unpaired) electrons. The molecule has 0 aliphatic carbocycles. The van der Waals surface area contributed by atoms with Crippen LogP contribution in [0.15, 0.2) is 0 Å². The van der Waals surface area contributed by atoms with Crippen LogP contribution in [0.1, 0.15) is 12.8 Å². The summed E-state index contributed by atoms with van der Waals surface area (Å²) >= 11 is 0. The van der Waals surface area contributed by atoms with Gasteiger partial charge in [-0.1, -0.05) is 5.59 Å². The van der Waals surface area contributed by atoms with Crippen LogP contribution in [0.2, 0.25) is 0 Å². The van der Waals surface area contributed by atoms with Crippen molar-refractivity contribution in [3.8, 4) is 0 Å². The number of nitrogens with one attached hydrogen (secondary N) is 2. The van der Waals surface area contributed by atoms with Gasteiger partial charge in [-0.2, -0.15) is 13.2 Å². The summed E-state index contributed by atoms with van der Waals surface area (Å²) in [5.41, 5.74) is 4.19. The maximum atomic E-state index is 11.7. The lowest BCUT2D eigenvalue weighted by Gasteiger charge is -2.22. The van der Waals surface area contributed by atoms with Gasteiger partial charge in [-0.15, -0.1) is 0 Å². The second-order valence-corrected chi connectivity index (χ2v) is 3.43. The maximum Gasteiger partial charge on any atom is 0.492 e. The Morgan fingerprint density at radius 1 is 1.38 bits per heavy atom. The second-order valence-electron chi connectivity index (χ2n) is 3.43. The minimum Gasteiger partial charge on any atom is -0.381 e. The van der Waals surface area contributed by atoms with Crippen LogP contribution in [0.4, 0.5) is 13.2 Å². The first-order valence-electron chi connectivity index (χ1n) is 4.83. The highest BCUT2D eigenvalue weighted by atomic mass is 19.4. The molecule has 0 aromatic heterocycles. The molecule has 0 unspecified atom stereocenters. The lowest BCUT2D eigenvalue weighted by atomic mass is 10.0. The van der Waals surface area contributed by atoms with Crippen LogP contribution in [-0.2, 0) is 14.4 Å². The first-order chi connectivity index (χ1) is 7.50. The van der Waals surface area contributed by atoms with E-state index in [0.717, 1.165) is 12.8 Å². The Bertz CT molecular complexity index is 229. The average molecular weight is 242 g/mol. The molecule has 1 saturated heterocycles. The molecule has 1 rings (SSSR count). The summed E-state index contributed by atoms with van der Waals surface area (Å²) in [6.45, 7) is 1.72. The zero-order valence-corrected chi connectivity index (χ0v) is 8.47. The fourth-order valence-corrected chi connectivity index (χ4v) is 1.28. The smallest absolute Gasteiger partial charge is 0.381 e. The summed E-state index contributed by atoms with van der Waals surface area (Å²) < 4.78 is 40.1. The normalized spacial score (nSPS) is 18.4. The summed E-state index contributed by atoms with van der Waals surface area (Å²) in [5, 5.41) is 0. The summed E-state index contributed by atoms with van der Waals surface area (Å²) in [4.78, 5) is 14.0. The fourth-order valence-electron chi connectivity index (χ4n) is 1.28. The number of halogens is 3. The molecule has 0 spiro atoms. The van der Waals surface area contributed by atoms with E-state index < -0.39 is 12.1 Å². The van der Waals surface area contributed by atoms with Gasteiger partial charge in [0.05, 0.1) is 0 Å². The highest BCUT2D eigenvalue weighted by molar-refractivity contribution is 5.75. The average Bonchev–Trinajstić information content (AvgIpc) is 2.24. The van der Waals surface area contributed by atoms with E-state index in [4.69, 9.17) is 4.74 Å². The minimum atomic E-state index is -4.98. The Labute approximate surface area is 90.2 Å². The van der Waals surface area contributed by atoms with Crippen molar-refractivity contribution in [1.82, 2.24) is 11.0 Å². The van der Waals surface area contributed by atoms with Crippen LogP contribution in [-0.4, -0.2) is 31.9 Å². The van der Waals surface area contributed by atoms with Gasteiger partial charge in [0.15, 0.2) is 0 Å². The third kappa shape index (κ3) is 4.77. The lowest BCUT2D eigenvalue weighted by Crippen LogP contribution is -2.41. The number of hydrogen-bond acceptors (Lipinski definition) is 5. The van der Waals surface area contributed by atoms with Gasteiger partial charge in [0, 0.05) is 19.8 Å². The molecule has 2 N–H and O–H groups in total. The first-order valence-corrected chi connectivity index (χ1v) is 4.83. The van der Waals surface area contributed by atoms with Crippen molar-refractivity contribution < 1.29 is 27.5 Å². The monoisotopic (exact) mass is 242 g/mol. The molecular formula is C8H13F3N2O3. The maximum absolute atomic E-state index is 11.7. The topological polar surface area (TPSA) is 59.6 Å². The molecule has 0 aromatic rings. The van der Waals surface area contributed by atoms with Crippen molar-refractivity contribution in [2.45, 2.75) is 19.0 Å². The van der Waals surface area contributed by atoms with E-state index >= 15 is 0 Å². The van der Waals surface area contributed by atoms with Crippen molar-refractivity contribution in [3.63, 3.8) is 0 Å². The van der Waals surface area contributed by atoms with E-state index in [1.807, 2.05) is 0 Å². The summed E-state index contributed by atoms with van der Waals surface area (Å²) in [7, 11) is 0. The number of carbonyl (C=O) groups is 1. The molecule has 0 bridgehead atoms. The molecule has 0 amide bonds.